The number of hydrogen-bond donors (Lipinski definition) is 1. The molecule has 1 aromatic heterocycles. The third-order valence-corrected chi connectivity index (χ3v) is 4.35. The van der Waals surface area contributed by atoms with E-state index >= 15 is 0 Å². The van der Waals surface area contributed by atoms with Gasteiger partial charge in [0.15, 0.2) is 0 Å². The van der Waals surface area contributed by atoms with Gasteiger partial charge in [-0.05, 0) is 65.3 Å². The molecular formula is C16H30N2S. The first-order valence-electron chi connectivity index (χ1n) is 7.42. The van der Waals surface area contributed by atoms with Crippen molar-refractivity contribution in [1.82, 2.24) is 10.3 Å². The quantitative estimate of drug-likeness (QED) is 0.800. The lowest BCUT2D eigenvalue weighted by atomic mass is 9.91. The largest absolute Gasteiger partial charge is 0.312 e. The van der Waals surface area contributed by atoms with Crippen molar-refractivity contribution < 1.29 is 0 Å². The molecule has 0 fully saturated rings. The van der Waals surface area contributed by atoms with Crippen molar-refractivity contribution in [3.8, 4) is 0 Å². The molecular weight excluding hydrogens is 252 g/mol. The zero-order valence-electron chi connectivity index (χ0n) is 13.4. The fraction of sp³-hybridized carbons (Fsp3) is 0.812. The van der Waals surface area contributed by atoms with E-state index in [2.05, 4.69) is 51.8 Å². The maximum absolute atomic E-state index is 4.34. The van der Waals surface area contributed by atoms with Crippen molar-refractivity contribution in [1.29, 1.82) is 0 Å². The van der Waals surface area contributed by atoms with Crippen LogP contribution in [0.4, 0.5) is 0 Å². The van der Waals surface area contributed by atoms with Crippen LogP contribution < -0.4 is 5.32 Å². The number of nitrogens with zero attached hydrogens (tertiary/aromatic N) is 1. The van der Waals surface area contributed by atoms with Gasteiger partial charge in [0.2, 0.25) is 0 Å². The predicted molar refractivity (Wildman–Crippen MR) is 85.9 cm³/mol. The van der Waals surface area contributed by atoms with Crippen LogP contribution in [0.1, 0.15) is 58.0 Å². The summed E-state index contributed by atoms with van der Waals surface area (Å²) in [6.45, 7) is 14.6. The summed E-state index contributed by atoms with van der Waals surface area (Å²) in [6.07, 6.45) is 3.75. The van der Waals surface area contributed by atoms with Crippen LogP contribution in [0.5, 0.6) is 0 Å². The first-order valence-corrected chi connectivity index (χ1v) is 8.30. The molecule has 2 nitrogen and oxygen atoms in total. The molecule has 0 spiro atoms. The molecule has 3 heteroatoms. The summed E-state index contributed by atoms with van der Waals surface area (Å²) < 4.78 is 0. The summed E-state index contributed by atoms with van der Waals surface area (Å²) in [5, 5.41) is 3.66. The molecule has 0 saturated heterocycles. The van der Waals surface area contributed by atoms with E-state index in [9.17, 15) is 0 Å². The lowest BCUT2D eigenvalue weighted by molar-refractivity contribution is 0.320. The number of nitrogens with one attached hydrogen (secondary N) is 1. The maximum atomic E-state index is 4.34. The van der Waals surface area contributed by atoms with Crippen LogP contribution in [0.2, 0.25) is 0 Å². The lowest BCUT2D eigenvalue weighted by Gasteiger charge is -2.26. The van der Waals surface area contributed by atoms with Crippen LogP contribution >= 0.6 is 11.3 Å². The third-order valence-electron chi connectivity index (χ3n) is 3.35. The van der Waals surface area contributed by atoms with Crippen molar-refractivity contribution >= 4 is 11.3 Å². The van der Waals surface area contributed by atoms with Crippen LogP contribution in [-0.4, -0.2) is 17.1 Å². The first-order chi connectivity index (χ1) is 8.78. The monoisotopic (exact) mass is 282 g/mol. The van der Waals surface area contributed by atoms with Gasteiger partial charge in [0.05, 0.1) is 11.2 Å². The zero-order valence-corrected chi connectivity index (χ0v) is 14.2. The highest BCUT2D eigenvalue weighted by molar-refractivity contribution is 7.09. The normalized spacial score (nSPS) is 14.1. The summed E-state index contributed by atoms with van der Waals surface area (Å²) in [7, 11) is 0. The molecule has 0 saturated carbocycles. The van der Waals surface area contributed by atoms with E-state index in [1.165, 1.54) is 29.8 Å². The minimum absolute atomic E-state index is 0.218. The van der Waals surface area contributed by atoms with E-state index in [1.807, 2.05) is 5.51 Å². The van der Waals surface area contributed by atoms with Crippen molar-refractivity contribution in [3.63, 3.8) is 0 Å². The van der Waals surface area contributed by atoms with E-state index < -0.39 is 0 Å². The highest BCUT2D eigenvalue weighted by atomic mass is 32.1. The summed E-state index contributed by atoms with van der Waals surface area (Å²) in [5.74, 6) is 1.54. The summed E-state index contributed by atoms with van der Waals surface area (Å²) >= 11 is 1.80. The molecule has 0 radical (unpaired) electrons. The van der Waals surface area contributed by atoms with Gasteiger partial charge >= 0.3 is 0 Å². The molecule has 0 aliphatic heterocycles. The summed E-state index contributed by atoms with van der Waals surface area (Å²) in [5.41, 5.74) is 3.41. The summed E-state index contributed by atoms with van der Waals surface area (Å²) in [6, 6.07) is 0. The van der Waals surface area contributed by atoms with Gasteiger partial charge in [0.1, 0.15) is 0 Å². The molecule has 1 unspecified atom stereocenters. The molecule has 110 valence electrons. The van der Waals surface area contributed by atoms with Crippen molar-refractivity contribution in [3.05, 3.63) is 16.1 Å². The number of hydrogen-bond acceptors (Lipinski definition) is 3. The number of aromatic nitrogens is 1. The minimum atomic E-state index is 0.218. The third kappa shape index (κ3) is 7.07. The topological polar surface area (TPSA) is 24.9 Å². The zero-order chi connectivity index (χ0) is 14.5. The van der Waals surface area contributed by atoms with Gasteiger partial charge in [-0.3, -0.25) is 0 Å². The van der Waals surface area contributed by atoms with Crippen LogP contribution in [0, 0.1) is 18.8 Å². The highest BCUT2D eigenvalue weighted by Gasteiger charge is 2.16. The van der Waals surface area contributed by atoms with Crippen LogP contribution in [-0.2, 0) is 6.42 Å². The van der Waals surface area contributed by atoms with Crippen molar-refractivity contribution in [2.45, 2.75) is 66.3 Å². The van der Waals surface area contributed by atoms with Crippen molar-refractivity contribution in [2.75, 3.05) is 6.54 Å². The Balaban J connectivity index is 2.47. The molecule has 19 heavy (non-hydrogen) atoms. The molecule has 0 bridgehead atoms. The Morgan fingerprint density at radius 1 is 1.32 bits per heavy atom. The Hall–Kier alpha value is -0.410. The van der Waals surface area contributed by atoms with Gasteiger partial charge < -0.3 is 5.32 Å². The standard InChI is InChI=1S/C16H30N2S/c1-12(2)9-14(10-18-16(4,5)6)7-8-15-13(3)17-11-19-15/h11-12,14,18H,7-10H2,1-6H3. The number of aryl methyl sites for hydroxylation is 2. The maximum Gasteiger partial charge on any atom is 0.0797 e. The molecule has 0 aliphatic rings. The second-order valence-electron chi connectivity index (χ2n) is 7.03. The number of rotatable bonds is 7. The second-order valence-corrected chi connectivity index (χ2v) is 7.97. The smallest absolute Gasteiger partial charge is 0.0797 e. The Morgan fingerprint density at radius 3 is 2.47 bits per heavy atom. The molecule has 0 amide bonds. The molecule has 1 heterocycles. The average Bonchev–Trinajstić information content (AvgIpc) is 2.66. The minimum Gasteiger partial charge on any atom is -0.312 e. The lowest BCUT2D eigenvalue weighted by Crippen LogP contribution is -2.39. The molecule has 1 atom stereocenters. The number of thiazole rings is 1. The van der Waals surface area contributed by atoms with Gasteiger partial charge in [-0.25, -0.2) is 4.98 Å². The molecule has 0 aromatic carbocycles. The van der Waals surface area contributed by atoms with Gasteiger partial charge in [0, 0.05) is 10.4 Å². The van der Waals surface area contributed by atoms with E-state index in [0.29, 0.717) is 0 Å². The highest BCUT2D eigenvalue weighted by Crippen LogP contribution is 2.21. The van der Waals surface area contributed by atoms with E-state index in [0.717, 1.165) is 18.4 Å². The fourth-order valence-corrected chi connectivity index (χ4v) is 3.12. The first kappa shape index (κ1) is 16.6. The van der Waals surface area contributed by atoms with Crippen LogP contribution in [0.15, 0.2) is 5.51 Å². The van der Waals surface area contributed by atoms with Crippen LogP contribution in [0.25, 0.3) is 0 Å². The summed E-state index contributed by atoms with van der Waals surface area (Å²) in [4.78, 5) is 5.81. The van der Waals surface area contributed by atoms with E-state index in [-0.39, 0.29) is 5.54 Å². The Labute approximate surface area is 123 Å². The SMILES string of the molecule is Cc1ncsc1CCC(CNC(C)(C)C)CC(C)C. The Bertz CT molecular complexity index is 363. The van der Waals surface area contributed by atoms with E-state index in [4.69, 9.17) is 0 Å². The van der Waals surface area contributed by atoms with E-state index in [1.54, 1.807) is 11.3 Å². The predicted octanol–water partition coefficient (Wildman–Crippen LogP) is 4.43. The molecule has 1 rings (SSSR count). The second kappa shape index (κ2) is 7.39. The molecule has 0 aliphatic carbocycles. The average molecular weight is 282 g/mol. The van der Waals surface area contributed by atoms with Crippen molar-refractivity contribution in [2.24, 2.45) is 11.8 Å². The van der Waals surface area contributed by atoms with Crippen LogP contribution in [0.3, 0.4) is 0 Å². The van der Waals surface area contributed by atoms with Gasteiger partial charge in [-0.2, -0.15) is 0 Å². The van der Waals surface area contributed by atoms with Gasteiger partial charge in [-0.15, -0.1) is 11.3 Å². The molecule has 1 N–H and O–H groups in total. The Kier molecular flexibility index (Phi) is 6.48. The van der Waals surface area contributed by atoms with Gasteiger partial charge in [-0.1, -0.05) is 13.8 Å². The fourth-order valence-electron chi connectivity index (χ4n) is 2.32. The Morgan fingerprint density at radius 2 is 2.00 bits per heavy atom. The van der Waals surface area contributed by atoms with Gasteiger partial charge in [0.25, 0.3) is 0 Å². The molecule has 1 aromatic rings.